The highest BCUT2D eigenvalue weighted by Crippen LogP contribution is 2.36. The van der Waals surface area contributed by atoms with E-state index in [-0.39, 0.29) is 0 Å². The lowest BCUT2D eigenvalue weighted by atomic mass is 10.2. The van der Waals surface area contributed by atoms with Gasteiger partial charge in [-0.25, -0.2) is 4.98 Å². The number of aliphatic hydroxyl groups excluding tert-OH is 1. The Hall–Kier alpha value is -1.72. The first-order chi connectivity index (χ1) is 9.72. The molecule has 1 aromatic heterocycles. The smallest absolute Gasteiger partial charge is 0.162 e. The first-order valence-electron chi connectivity index (χ1n) is 6.44. The molecule has 2 heterocycles. The lowest BCUT2D eigenvalue weighted by Crippen LogP contribution is -2.15. The quantitative estimate of drug-likeness (QED) is 0.941. The fraction of sp³-hybridized carbons (Fsp3) is 0.267. The minimum atomic E-state index is -0.488. The second kappa shape index (κ2) is 5.73. The molecule has 0 saturated carbocycles. The number of pyridine rings is 1. The molecule has 0 saturated heterocycles. The van der Waals surface area contributed by atoms with E-state index in [1.54, 1.807) is 13.1 Å². The van der Waals surface area contributed by atoms with Gasteiger partial charge in [-0.1, -0.05) is 11.8 Å². The van der Waals surface area contributed by atoms with Gasteiger partial charge in [0.2, 0.25) is 0 Å². The zero-order chi connectivity index (χ0) is 13.9. The minimum Gasteiger partial charge on any atom is -0.486 e. The molecular formula is C15H15NO3S. The van der Waals surface area contributed by atoms with Crippen LogP contribution in [0.25, 0.3) is 0 Å². The van der Waals surface area contributed by atoms with Crippen molar-refractivity contribution in [1.29, 1.82) is 0 Å². The molecule has 3 rings (SSSR count). The van der Waals surface area contributed by atoms with Crippen LogP contribution in [-0.4, -0.2) is 23.3 Å². The fourth-order valence-corrected chi connectivity index (χ4v) is 2.80. The van der Waals surface area contributed by atoms with Gasteiger partial charge in [0.05, 0.1) is 6.10 Å². The zero-order valence-corrected chi connectivity index (χ0v) is 11.9. The van der Waals surface area contributed by atoms with Crippen molar-refractivity contribution >= 4 is 11.8 Å². The average Bonchev–Trinajstić information content (AvgIpc) is 2.47. The maximum atomic E-state index is 9.60. The number of aromatic nitrogens is 1. The van der Waals surface area contributed by atoms with Crippen molar-refractivity contribution < 1.29 is 14.6 Å². The van der Waals surface area contributed by atoms with E-state index in [0.717, 1.165) is 27.0 Å². The van der Waals surface area contributed by atoms with Crippen LogP contribution in [0, 0.1) is 0 Å². The summed E-state index contributed by atoms with van der Waals surface area (Å²) < 4.78 is 11.1. The van der Waals surface area contributed by atoms with Gasteiger partial charge in [0.1, 0.15) is 18.2 Å². The van der Waals surface area contributed by atoms with Crippen LogP contribution in [0.3, 0.4) is 0 Å². The highest BCUT2D eigenvalue weighted by molar-refractivity contribution is 7.99. The van der Waals surface area contributed by atoms with E-state index in [2.05, 4.69) is 4.98 Å². The Balaban J connectivity index is 1.82. The molecule has 0 bridgehead atoms. The molecule has 1 aliphatic rings. The Morgan fingerprint density at radius 3 is 2.75 bits per heavy atom. The molecule has 0 spiro atoms. The Morgan fingerprint density at radius 2 is 1.95 bits per heavy atom. The largest absolute Gasteiger partial charge is 0.486 e. The predicted molar refractivity (Wildman–Crippen MR) is 76.4 cm³/mol. The van der Waals surface area contributed by atoms with Crippen LogP contribution >= 0.6 is 11.8 Å². The fourth-order valence-electron chi connectivity index (χ4n) is 1.95. The van der Waals surface area contributed by atoms with Crippen LogP contribution in [0.5, 0.6) is 11.5 Å². The SMILES string of the molecule is C[C@H](O)c1ccnc(Sc2ccc3c(c2)OCCO3)c1. The van der Waals surface area contributed by atoms with Gasteiger partial charge in [0, 0.05) is 11.1 Å². The molecule has 0 aliphatic carbocycles. The first kappa shape index (κ1) is 13.3. The third kappa shape index (κ3) is 2.89. The number of ether oxygens (including phenoxy) is 2. The van der Waals surface area contributed by atoms with Crippen molar-refractivity contribution in [1.82, 2.24) is 4.98 Å². The summed E-state index contributed by atoms with van der Waals surface area (Å²) in [5.74, 6) is 1.55. The summed E-state index contributed by atoms with van der Waals surface area (Å²) in [7, 11) is 0. The average molecular weight is 289 g/mol. The highest BCUT2D eigenvalue weighted by atomic mass is 32.2. The molecule has 20 heavy (non-hydrogen) atoms. The van der Waals surface area contributed by atoms with E-state index in [1.165, 1.54) is 11.8 Å². The van der Waals surface area contributed by atoms with Crippen LogP contribution in [-0.2, 0) is 0 Å². The molecule has 1 atom stereocenters. The van der Waals surface area contributed by atoms with Gasteiger partial charge in [-0.15, -0.1) is 0 Å². The molecule has 2 aromatic rings. The summed E-state index contributed by atoms with van der Waals surface area (Å²) in [5.41, 5.74) is 0.861. The molecule has 104 valence electrons. The number of benzene rings is 1. The molecule has 1 N–H and O–H groups in total. The molecule has 1 aliphatic heterocycles. The molecule has 4 nitrogen and oxygen atoms in total. The van der Waals surface area contributed by atoms with E-state index < -0.39 is 6.10 Å². The van der Waals surface area contributed by atoms with Crippen molar-refractivity contribution in [3.05, 3.63) is 42.1 Å². The Kier molecular flexibility index (Phi) is 3.80. The lowest BCUT2D eigenvalue weighted by molar-refractivity contribution is 0.171. The second-order valence-corrected chi connectivity index (χ2v) is 5.60. The zero-order valence-electron chi connectivity index (χ0n) is 11.1. The van der Waals surface area contributed by atoms with Crippen LogP contribution in [0.15, 0.2) is 46.5 Å². The number of fused-ring (bicyclic) bond motifs is 1. The van der Waals surface area contributed by atoms with E-state index in [0.29, 0.717) is 13.2 Å². The Labute approximate surface area is 121 Å². The summed E-state index contributed by atoms with van der Waals surface area (Å²) in [6.45, 7) is 2.92. The summed E-state index contributed by atoms with van der Waals surface area (Å²) in [4.78, 5) is 5.34. The predicted octanol–water partition coefficient (Wildman–Crippen LogP) is 3.06. The van der Waals surface area contributed by atoms with E-state index >= 15 is 0 Å². The third-order valence-electron chi connectivity index (χ3n) is 2.98. The van der Waals surface area contributed by atoms with E-state index in [4.69, 9.17) is 9.47 Å². The molecular weight excluding hydrogens is 274 g/mol. The topological polar surface area (TPSA) is 51.6 Å². The summed E-state index contributed by atoms with van der Waals surface area (Å²) in [6.07, 6.45) is 1.22. The maximum Gasteiger partial charge on any atom is 0.162 e. The van der Waals surface area contributed by atoms with E-state index in [9.17, 15) is 5.11 Å². The number of rotatable bonds is 3. The molecule has 0 amide bonds. The second-order valence-electron chi connectivity index (χ2n) is 4.51. The third-order valence-corrected chi connectivity index (χ3v) is 3.90. The van der Waals surface area contributed by atoms with Gasteiger partial charge >= 0.3 is 0 Å². The van der Waals surface area contributed by atoms with Crippen LogP contribution in [0.2, 0.25) is 0 Å². The van der Waals surface area contributed by atoms with Gasteiger partial charge in [-0.3, -0.25) is 0 Å². The van der Waals surface area contributed by atoms with Gasteiger partial charge in [-0.05, 0) is 42.8 Å². The van der Waals surface area contributed by atoms with E-state index in [1.807, 2.05) is 30.3 Å². The molecule has 0 radical (unpaired) electrons. The lowest BCUT2D eigenvalue weighted by Gasteiger charge is -2.18. The van der Waals surface area contributed by atoms with Crippen LogP contribution in [0.4, 0.5) is 0 Å². The van der Waals surface area contributed by atoms with Crippen LogP contribution < -0.4 is 9.47 Å². The number of nitrogens with zero attached hydrogens (tertiary/aromatic N) is 1. The summed E-state index contributed by atoms with van der Waals surface area (Å²) in [5, 5.41) is 10.4. The molecule has 1 aromatic carbocycles. The maximum absolute atomic E-state index is 9.60. The standard InChI is InChI=1S/C15H15NO3S/c1-10(17)11-4-5-16-15(8-11)20-12-2-3-13-14(9-12)19-7-6-18-13/h2-5,8-10,17H,6-7H2,1H3/t10-/m0/s1. The molecule has 0 fully saturated rings. The monoisotopic (exact) mass is 289 g/mol. The van der Waals surface area contributed by atoms with Gasteiger partial charge in [-0.2, -0.15) is 0 Å². The number of hydrogen-bond donors (Lipinski definition) is 1. The Bertz CT molecular complexity index is 616. The van der Waals surface area contributed by atoms with Crippen molar-refractivity contribution in [3.8, 4) is 11.5 Å². The molecule has 0 unspecified atom stereocenters. The number of hydrogen-bond acceptors (Lipinski definition) is 5. The van der Waals surface area contributed by atoms with Crippen molar-refractivity contribution in [2.45, 2.75) is 22.9 Å². The first-order valence-corrected chi connectivity index (χ1v) is 7.25. The van der Waals surface area contributed by atoms with Crippen molar-refractivity contribution in [2.75, 3.05) is 13.2 Å². The summed E-state index contributed by atoms with van der Waals surface area (Å²) in [6, 6.07) is 9.56. The normalized spacial score (nSPS) is 14.9. The Morgan fingerprint density at radius 1 is 1.15 bits per heavy atom. The van der Waals surface area contributed by atoms with Crippen molar-refractivity contribution in [2.24, 2.45) is 0 Å². The van der Waals surface area contributed by atoms with Crippen molar-refractivity contribution in [3.63, 3.8) is 0 Å². The van der Waals surface area contributed by atoms with Gasteiger partial charge < -0.3 is 14.6 Å². The minimum absolute atomic E-state index is 0.488. The van der Waals surface area contributed by atoms with Crippen LogP contribution in [0.1, 0.15) is 18.6 Å². The van der Waals surface area contributed by atoms with Gasteiger partial charge in [0.15, 0.2) is 11.5 Å². The summed E-state index contributed by atoms with van der Waals surface area (Å²) >= 11 is 1.53. The highest BCUT2D eigenvalue weighted by Gasteiger charge is 2.12. The number of aliphatic hydroxyl groups is 1. The van der Waals surface area contributed by atoms with Gasteiger partial charge in [0.25, 0.3) is 0 Å². The molecule has 5 heteroatoms.